The third-order valence-electron chi connectivity index (χ3n) is 1.93. The molecule has 0 saturated carbocycles. The van der Waals surface area contributed by atoms with Gasteiger partial charge in [0.2, 0.25) is 5.95 Å². The topological polar surface area (TPSA) is 49.8 Å². The molecular formula is C11H12N4. The van der Waals surface area contributed by atoms with Crippen molar-refractivity contribution in [3.8, 4) is 0 Å². The fraction of sp³-hybridized carbons (Fsp3) is 0.0909. The highest BCUT2D eigenvalue weighted by molar-refractivity contribution is 5.56. The number of hydrogen-bond donors (Lipinski definition) is 2. The molecular weight excluding hydrogens is 188 g/mol. The molecule has 0 atom stereocenters. The predicted molar refractivity (Wildman–Crippen MR) is 61.3 cm³/mol. The lowest BCUT2D eigenvalue weighted by Gasteiger charge is -2.05. The second-order valence-electron chi connectivity index (χ2n) is 3.01. The minimum absolute atomic E-state index is 0.607. The lowest BCUT2D eigenvalue weighted by molar-refractivity contribution is 1.15. The molecule has 0 spiro atoms. The summed E-state index contributed by atoms with van der Waals surface area (Å²) >= 11 is 0. The number of nitrogens with one attached hydrogen (secondary N) is 2. The predicted octanol–water partition coefficient (Wildman–Crippen LogP) is 2.26. The van der Waals surface area contributed by atoms with Crippen LogP contribution in [0.2, 0.25) is 0 Å². The highest BCUT2D eigenvalue weighted by Gasteiger charge is 1.96. The Bertz CT molecular complexity index is 428. The summed E-state index contributed by atoms with van der Waals surface area (Å²) in [6.45, 7) is 0. The van der Waals surface area contributed by atoms with Gasteiger partial charge in [-0.05, 0) is 18.2 Å². The molecule has 2 rings (SSSR count). The SMILES string of the molecule is CNc1nccc(Nc2ccccc2)n1. The van der Waals surface area contributed by atoms with E-state index in [1.807, 2.05) is 36.4 Å². The first kappa shape index (κ1) is 9.45. The number of rotatable bonds is 3. The third kappa shape index (κ3) is 2.43. The summed E-state index contributed by atoms with van der Waals surface area (Å²) in [5.41, 5.74) is 1.01. The van der Waals surface area contributed by atoms with Gasteiger partial charge in [-0.2, -0.15) is 4.98 Å². The second-order valence-corrected chi connectivity index (χ2v) is 3.01. The first-order chi connectivity index (χ1) is 7.38. The van der Waals surface area contributed by atoms with Gasteiger partial charge in [0.25, 0.3) is 0 Å². The summed E-state index contributed by atoms with van der Waals surface area (Å²) in [6.07, 6.45) is 1.71. The van der Waals surface area contributed by atoms with Crippen molar-refractivity contribution in [1.29, 1.82) is 0 Å². The molecule has 76 valence electrons. The molecule has 0 aliphatic rings. The van der Waals surface area contributed by atoms with E-state index in [9.17, 15) is 0 Å². The van der Waals surface area contributed by atoms with Crippen molar-refractivity contribution < 1.29 is 0 Å². The summed E-state index contributed by atoms with van der Waals surface area (Å²) in [7, 11) is 1.79. The highest BCUT2D eigenvalue weighted by Crippen LogP contribution is 2.13. The van der Waals surface area contributed by atoms with Crippen LogP contribution in [-0.2, 0) is 0 Å². The Morgan fingerprint density at radius 1 is 1.07 bits per heavy atom. The molecule has 1 aromatic heterocycles. The van der Waals surface area contributed by atoms with Gasteiger partial charge in [-0.3, -0.25) is 0 Å². The van der Waals surface area contributed by atoms with E-state index in [0.717, 1.165) is 11.5 Å². The quantitative estimate of drug-likeness (QED) is 0.798. The standard InChI is InChI=1S/C11H12N4/c1-12-11-13-8-7-10(15-11)14-9-5-3-2-4-6-9/h2-8H,1H3,(H2,12,13,14,15). The fourth-order valence-corrected chi connectivity index (χ4v) is 1.22. The van der Waals surface area contributed by atoms with Gasteiger partial charge in [-0.25, -0.2) is 4.98 Å². The molecule has 0 amide bonds. The summed E-state index contributed by atoms with van der Waals surface area (Å²) in [4.78, 5) is 8.29. The minimum atomic E-state index is 0.607. The van der Waals surface area contributed by atoms with Crippen LogP contribution in [0.3, 0.4) is 0 Å². The average molecular weight is 200 g/mol. The molecule has 0 bridgehead atoms. The largest absolute Gasteiger partial charge is 0.357 e. The Labute approximate surface area is 88.4 Å². The minimum Gasteiger partial charge on any atom is -0.357 e. The van der Waals surface area contributed by atoms with Crippen LogP contribution in [0.5, 0.6) is 0 Å². The van der Waals surface area contributed by atoms with E-state index in [2.05, 4.69) is 20.6 Å². The maximum atomic E-state index is 4.25. The van der Waals surface area contributed by atoms with E-state index in [1.54, 1.807) is 13.2 Å². The Balaban J connectivity index is 2.17. The van der Waals surface area contributed by atoms with Crippen molar-refractivity contribution in [3.05, 3.63) is 42.6 Å². The smallest absolute Gasteiger partial charge is 0.224 e. The summed E-state index contributed by atoms with van der Waals surface area (Å²) in [6, 6.07) is 11.7. The Morgan fingerprint density at radius 3 is 2.60 bits per heavy atom. The van der Waals surface area contributed by atoms with E-state index in [1.165, 1.54) is 0 Å². The van der Waals surface area contributed by atoms with Crippen LogP contribution < -0.4 is 10.6 Å². The van der Waals surface area contributed by atoms with Gasteiger partial charge in [-0.1, -0.05) is 18.2 Å². The van der Waals surface area contributed by atoms with Crippen molar-refractivity contribution >= 4 is 17.5 Å². The van der Waals surface area contributed by atoms with Crippen LogP contribution in [0.1, 0.15) is 0 Å². The third-order valence-corrected chi connectivity index (χ3v) is 1.93. The number of nitrogens with zero attached hydrogens (tertiary/aromatic N) is 2. The van der Waals surface area contributed by atoms with Crippen molar-refractivity contribution in [2.75, 3.05) is 17.7 Å². The van der Waals surface area contributed by atoms with Crippen molar-refractivity contribution in [2.24, 2.45) is 0 Å². The van der Waals surface area contributed by atoms with Crippen LogP contribution in [0.4, 0.5) is 17.5 Å². The summed E-state index contributed by atoms with van der Waals surface area (Å²) in [5.74, 6) is 1.39. The van der Waals surface area contributed by atoms with Gasteiger partial charge in [0.15, 0.2) is 0 Å². The van der Waals surface area contributed by atoms with Crippen LogP contribution in [0, 0.1) is 0 Å². The maximum Gasteiger partial charge on any atom is 0.224 e. The molecule has 0 radical (unpaired) electrons. The van der Waals surface area contributed by atoms with Crippen molar-refractivity contribution in [2.45, 2.75) is 0 Å². The number of anilines is 3. The zero-order chi connectivity index (χ0) is 10.5. The molecule has 0 aliphatic carbocycles. The van der Waals surface area contributed by atoms with Crippen LogP contribution in [-0.4, -0.2) is 17.0 Å². The number of para-hydroxylation sites is 1. The molecule has 15 heavy (non-hydrogen) atoms. The van der Waals surface area contributed by atoms with Crippen LogP contribution in [0.25, 0.3) is 0 Å². The number of aromatic nitrogens is 2. The van der Waals surface area contributed by atoms with Gasteiger partial charge >= 0.3 is 0 Å². The molecule has 2 N–H and O–H groups in total. The maximum absolute atomic E-state index is 4.25. The average Bonchev–Trinajstić information content (AvgIpc) is 2.31. The second kappa shape index (κ2) is 4.41. The Morgan fingerprint density at radius 2 is 1.87 bits per heavy atom. The van der Waals surface area contributed by atoms with Crippen LogP contribution >= 0.6 is 0 Å². The molecule has 4 heteroatoms. The molecule has 4 nitrogen and oxygen atoms in total. The van der Waals surface area contributed by atoms with E-state index in [-0.39, 0.29) is 0 Å². The van der Waals surface area contributed by atoms with Gasteiger partial charge in [0.1, 0.15) is 5.82 Å². The molecule has 0 fully saturated rings. The Kier molecular flexibility index (Phi) is 2.78. The summed E-state index contributed by atoms with van der Waals surface area (Å²) < 4.78 is 0. The first-order valence-corrected chi connectivity index (χ1v) is 4.71. The van der Waals surface area contributed by atoms with Gasteiger partial charge in [-0.15, -0.1) is 0 Å². The van der Waals surface area contributed by atoms with E-state index in [0.29, 0.717) is 5.95 Å². The van der Waals surface area contributed by atoms with Gasteiger partial charge in [0.05, 0.1) is 0 Å². The molecule has 0 aliphatic heterocycles. The molecule has 0 unspecified atom stereocenters. The lowest BCUT2D eigenvalue weighted by Crippen LogP contribution is -1.99. The zero-order valence-corrected chi connectivity index (χ0v) is 8.44. The fourth-order valence-electron chi connectivity index (χ4n) is 1.22. The number of hydrogen-bond acceptors (Lipinski definition) is 4. The monoisotopic (exact) mass is 200 g/mol. The number of benzene rings is 1. The normalized spacial score (nSPS) is 9.67. The van der Waals surface area contributed by atoms with Gasteiger partial charge < -0.3 is 10.6 Å². The van der Waals surface area contributed by atoms with Gasteiger partial charge in [0, 0.05) is 18.9 Å². The van der Waals surface area contributed by atoms with Crippen LogP contribution in [0.15, 0.2) is 42.6 Å². The Hall–Kier alpha value is -2.10. The highest BCUT2D eigenvalue weighted by atomic mass is 15.1. The van der Waals surface area contributed by atoms with Crippen molar-refractivity contribution in [3.63, 3.8) is 0 Å². The van der Waals surface area contributed by atoms with E-state index in [4.69, 9.17) is 0 Å². The lowest BCUT2D eigenvalue weighted by atomic mass is 10.3. The zero-order valence-electron chi connectivity index (χ0n) is 8.44. The molecule has 1 heterocycles. The van der Waals surface area contributed by atoms with Crippen molar-refractivity contribution in [1.82, 2.24) is 9.97 Å². The van der Waals surface area contributed by atoms with E-state index < -0.39 is 0 Å². The first-order valence-electron chi connectivity index (χ1n) is 4.71. The molecule has 2 aromatic rings. The van der Waals surface area contributed by atoms with E-state index >= 15 is 0 Å². The summed E-state index contributed by atoms with van der Waals surface area (Å²) in [5, 5.41) is 6.08. The molecule has 0 saturated heterocycles. The molecule has 1 aromatic carbocycles.